The van der Waals surface area contributed by atoms with Crippen LogP contribution in [0.25, 0.3) is 0 Å². The molecule has 2 amide bonds. The Morgan fingerprint density at radius 3 is 2.52 bits per heavy atom. The molecule has 5 rings (SSSR count). The maximum absolute atomic E-state index is 14.1. The van der Waals surface area contributed by atoms with Crippen LogP contribution < -0.4 is 19.7 Å². The summed E-state index contributed by atoms with van der Waals surface area (Å²) in [6.45, 7) is 0.302. The van der Waals surface area contributed by atoms with Gasteiger partial charge in [-0.15, -0.1) is 0 Å². The van der Waals surface area contributed by atoms with Crippen molar-refractivity contribution in [3.63, 3.8) is 0 Å². The number of nitrogens with zero attached hydrogens (tertiary/aromatic N) is 1. The van der Waals surface area contributed by atoms with Crippen LogP contribution in [0.4, 0.5) is 10.1 Å². The third-order valence-corrected chi connectivity index (χ3v) is 7.31. The van der Waals surface area contributed by atoms with Crippen molar-refractivity contribution in [2.45, 2.75) is 31.8 Å². The standard InChI is InChI=1S/C33H30ClFN2O5/c1-37-27-16-15-23(34)17-25(27)31(24-12-8-14-28(32(24)40-2)41-20-21-9-4-3-5-10-21)42-29(33(37)39)18-30(38)36-19-22-11-6-7-13-26(22)35/h3-17,29,31H,18-20H2,1-2H3,(H,36,38)/t29-,31-/m0/s1. The first-order valence-electron chi connectivity index (χ1n) is 13.4. The zero-order valence-electron chi connectivity index (χ0n) is 23.2. The van der Waals surface area contributed by atoms with Gasteiger partial charge in [0.15, 0.2) is 11.5 Å². The Labute approximate surface area is 248 Å². The molecule has 1 aliphatic rings. The van der Waals surface area contributed by atoms with Gasteiger partial charge in [0.2, 0.25) is 5.91 Å². The Morgan fingerprint density at radius 1 is 1.00 bits per heavy atom. The van der Waals surface area contributed by atoms with Crippen molar-refractivity contribution in [1.29, 1.82) is 0 Å². The summed E-state index contributed by atoms with van der Waals surface area (Å²) in [7, 11) is 3.16. The number of ether oxygens (including phenoxy) is 3. The zero-order chi connectivity index (χ0) is 29.6. The van der Waals surface area contributed by atoms with Crippen molar-refractivity contribution in [2.24, 2.45) is 0 Å². The van der Waals surface area contributed by atoms with Crippen molar-refractivity contribution in [3.8, 4) is 11.5 Å². The van der Waals surface area contributed by atoms with Gasteiger partial charge in [-0.05, 0) is 35.9 Å². The van der Waals surface area contributed by atoms with E-state index in [1.165, 1.54) is 18.1 Å². The number of halogens is 2. The lowest BCUT2D eigenvalue weighted by atomic mass is 9.98. The number of carbonyl (C=O) groups excluding carboxylic acids is 2. The fourth-order valence-corrected chi connectivity index (χ4v) is 5.11. The normalized spacial score (nSPS) is 16.4. The number of amides is 2. The summed E-state index contributed by atoms with van der Waals surface area (Å²) in [6, 6.07) is 26.5. The number of likely N-dealkylation sites (N-methyl/N-ethyl adjacent to an activating group) is 1. The number of rotatable bonds is 9. The second-order valence-corrected chi connectivity index (χ2v) is 10.3. The number of methoxy groups -OCH3 is 1. The van der Waals surface area contributed by atoms with E-state index < -0.39 is 29.8 Å². The Kier molecular flexibility index (Phi) is 9.05. The number of nitrogens with one attached hydrogen (secondary N) is 1. The summed E-state index contributed by atoms with van der Waals surface area (Å²) < 4.78 is 32.5. The van der Waals surface area contributed by atoms with Gasteiger partial charge in [0.1, 0.15) is 24.6 Å². The van der Waals surface area contributed by atoms with E-state index in [0.717, 1.165) is 5.56 Å². The molecule has 0 bridgehead atoms. The molecular formula is C33H30ClFN2O5. The van der Waals surface area contributed by atoms with E-state index in [1.807, 2.05) is 42.5 Å². The molecule has 7 nitrogen and oxygen atoms in total. The minimum Gasteiger partial charge on any atom is -0.492 e. The van der Waals surface area contributed by atoms with Crippen LogP contribution in [0.1, 0.15) is 34.8 Å². The molecule has 0 unspecified atom stereocenters. The summed E-state index contributed by atoms with van der Waals surface area (Å²) in [5, 5.41) is 3.15. The summed E-state index contributed by atoms with van der Waals surface area (Å²) in [6.07, 6.45) is -2.25. The first-order chi connectivity index (χ1) is 20.4. The second-order valence-electron chi connectivity index (χ2n) is 9.83. The number of hydrogen-bond donors (Lipinski definition) is 1. The van der Waals surface area contributed by atoms with E-state index in [2.05, 4.69) is 5.32 Å². The highest BCUT2D eigenvalue weighted by molar-refractivity contribution is 6.30. The van der Waals surface area contributed by atoms with E-state index in [0.29, 0.717) is 45.5 Å². The summed E-state index contributed by atoms with van der Waals surface area (Å²) >= 11 is 6.41. The first kappa shape index (κ1) is 29.1. The SMILES string of the molecule is COc1c(OCc2ccccc2)cccc1[C@@H]1O[C@@H](CC(=O)NCc2ccccc2F)C(=O)N(C)c2ccc(Cl)cc21. The lowest BCUT2D eigenvalue weighted by molar-refractivity contribution is -0.137. The molecule has 0 saturated heterocycles. The Hall–Kier alpha value is -4.40. The molecule has 0 fully saturated rings. The molecule has 0 aromatic heterocycles. The van der Waals surface area contributed by atoms with Crippen LogP contribution >= 0.6 is 11.6 Å². The Bertz CT molecular complexity index is 1580. The van der Waals surface area contributed by atoms with Crippen LogP contribution in [0.5, 0.6) is 11.5 Å². The van der Waals surface area contributed by atoms with Gasteiger partial charge in [-0.25, -0.2) is 4.39 Å². The number of fused-ring (bicyclic) bond motifs is 1. The van der Waals surface area contributed by atoms with Gasteiger partial charge < -0.3 is 24.4 Å². The predicted molar refractivity (Wildman–Crippen MR) is 158 cm³/mol. The molecular weight excluding hydrogens is 559 g/mol. The van der Waals surface area contributed by atoms with E-state index in [1.54, 1.807) is 49.5 Å². The van der Waals surface area contributed by atoms with Crippen molar-refractivity contribution in [1.82, 2.24) is 5.32 Å². The van der Waals surface area contributed by atoms with Crippen molar-refractivity contribution >= 4 is 29.1 Å². The van der Waals surface area contributed by atoms with Crippen molar-refractivity contribution in [2.75, 3.05) is 19.1 Å². The molecule has 0 aliphatic carbocycles. The lowest BCUT2D eigenvalue weighted by Crippen LogP contribution is -2.40. The number of carbonyl (C=O) groups is 2. The summed E-state index contributed by atoms with van der Waals surface area (Å²) in [5.41, 5.74) is 3.15. The highest BCUT2D eigenvalue weighted by Crippen LogP contribution is 2.45. The highest BCUT2D eigenvalue weighted by atomic mass is 35.5. The van der Waals surface area contributed by atoms with E-state index in [9.17, 15) is 14.0 Å². The fourth-order valence-electron chi connectivity index (χ4n) is 4.93. The number of anilines is 1. The average molecular weight is 589 g/mol. The van der Waals surface area contributed by atoms with Gasteiger partial charge >= 0.3 is 0 Å². The zero-order valence-corrected chi connectivity index (χ0v) is 23.9. The van der Waals surface area contributed by atoms with Crippen molar-refractivity contribution < 1.29 is 28.2 Å². The molecule has 0 radical (unpaired) electrons. The molecule has 0 spiro atoms. The molecule has 42 heavy (non-hydrogen) atoms. The molecule has 216 valence electrons. The van der Waals surface area contributed by atoms with Crippen LogP contribution in [0.3, 0.4) is 0 Å². The van der Waals surface area contributed by atoms with E-state index >= 15 is 0 Å². The molecule has 0 saturated carbocycles. The Morgan fingerprint density at radius 2 is 1.76 bits per heavy atom. The van der Waals surface area contributed by atoms with Gasteiger partial charge in [-0.2, -0.15) is 0 Å². The minimum absolute atomic E-state index is 0.0177. The maximum Gasteiger partial charge on any atom is 0.256 e. The monoisotopic (exact) mass is 588 g/mol. The van der Waals surface area contributed by atoms with Gasteiger partial charge in [0.05, 0.1) is 13.5 Å². The third kappa shape index (κ3) is 6.40. The number of para-hydroxylation sites is 1. The first-order valence-corrected chi connectivity index (χ1v) is 13.8. The highest BCUT2D eigenvalue weighted by Gasteiger charge is 2.37. The summed E-state index contributed by atoms with van der Waals surface area (Å²) in [5.74, 6) is -0.358. The largest absolute Gasteiger partial charge is 0.492 e. The lowest BCUT2D eigenvalue weighted by Gasteiger charge is -2.24. The van der Waals surface area contributed by atoms with Crippen LogP contribution in [0.2, 0.25) is 5.02 Å². The molecule has 1 heterocycles. The van der Waals surface area contributed by atoms with Crippen molar-refractivity contribution in [3.05, 3.63) is 124 Å². The fraction of sp³-hybridized carbons (Fsp3) is 0.212. The average Bonchev–Trinajstić information content (AvgIpc) is 3.10. The number of benzene rings is 4. The molecule has 4 aromatic rings. The van der Waals surface area contributed by atoms with E-state index in [4.69, 9.17) is 25.8 Å². The topological polar surface area (TPSA) is 77.1 Å². The second kappa shape index (κ2) is 13.1. The van der Waals surface area contributed by atoms with Gasteiger partial charge in [0, 0.05) is 41.0 Å². The molecule has 1 N–H and O–H groups in total. The Balaban J connectivity index is 1.46. The van der Waals surface area contributed by atoms with Gasteiger partial charge in [-0.3, -0.25) is 9.59 Å². The molecule has 1 aliphatic heterocycles. The van der Waals surface area contributed by atoms with Crippen LogP contribution in [0, 0.1) is 5.82 Å². The molecule has 4 aromatic carbocycles. The quantitative estimate of drug-likeness (QED) is 0.251. The smallest absolute Gasteiger partial charge is 0.256 e. The third-order valence-electron chi connectivity index (χ3n) is 7.08. The van der Waals surface area contributed by atoms with Crippen LogP contribution in [-0.4, -0.2) is 32.1 Å². The van der Waals surface area contributed by atoms with Gasteiger partial charge in [0.25, 0.3) is 5.91 Å². The molecule has 9 heteroatoms. The molecule has 2 atom stereocenters. The van der Waals surface area contributed by atoms with E-state index in [-0.39, 0.29) is 13.0 Å². The van der Waals surface area contributed by atoms with Crippen LogP contribution in [-0.2, 0) is 27.5 Å². The minimum atomic E-state index is -1.15. The predicted octanol–water partition coefficient (Wildman–Crippen LogP) is 6.22. The van der Waals surface area contributed by atoms with Crippen LogP contribution in [0.15, 0.2) is 91.0 Å². The maximum atomic E-state index is 14.1. The van der Waals surface area contributed by atoms with Gasteiger partial charge in [-0.1, -0.05) is 72.3 Å². The number of hydrogen-bond acceptors (Lipinski definition) is 5. The summed E-state index contributed by atoms with van der Waals surface area (Å²) in [4.78, 5) is 28.0.